The van der Waals surface area contributed by atoms with E-state index < -0.39 is 11.9 Å². The summed E-state index contributed by atoms with van der Waals surface area (Å²) in [6.07, 6.45) is 0. The van der Waals surface area contributed by atoms with Crippen LogP contribution in [0.3, 0.4) is 0 Å². The summed E-state index contributed by atoms with van der Waals surface area (Å²) in [6.45, 7) is 1.53. The first-order chi connectivity index (χ1) is 12.9. The minimum Gasteiger partial charge on any atom is -0.497 e. The summed E-state index contributed by atoms with van der Waals surface area (Å²) in [5.41, 5.74) is 6.31. The number of ether oxygens (including phenoxy) is 4. The molecule has 8 nitrogen and oxygen atoms in total. The van der Waals surface area contributed by atoms with Gasteiger partial charge in [0.25, 0.3) is 0 Å². The van der Waals surface area contributed by atoms with E-state index in [9.17, 15) is 14.9 Å². The van der Waals surface area contributed by atoms with Gasteiger partial charge in [-0.1, -0.05) is 0 Å². The maximum absolute atomic E-state index is 12.4. The zero-order chi connectivity index (χ0) is 20.0. The van der Waals surface area contributed by atoms with Gasteiger partial charge in [0.15, 0.2) is 0 Å². The number of methoxy groups -OCH3 is 2. The van der Waals surface area contributed by atoms with Crippen molar-refractivity contribution in [3.63, 3.8) is 0 Å². The van der Waals surface area contributed by atoms with Crippen LogP contribution in [0.15, 0.2) is 18.2 Å². The van der Waals surface area contributed by atoms with E-state index in [4.69, 9.17) is 24.7 Å². The minimum atomic E-state index is -0.671. The lowest BCUT2D eigenvalue weighted by Crippen LogP contribution is -2.10. The molecule has 0 amide bonds. The molecule has 1 aromatic carbocycles. The second-order valence-corrected chi connectivity index (χ2v) is 6.21. The Hall–Kier alpha value is -3.25. The molecule has 0 saturated carbocycles. The molecule has 27 heavy (non-hydrogen) atoms. The van der Waals surface area contributed by atoms with Crippen LogP contribution >= 0.6 is 11.3 Å². The molecular weight excluding hydrogens is 372 g/mol. The van der Waals surface area contributed by atoms with Crippen molar-refractivity contribution in [2.45, 2.75) is 13.5 Å². The number of thiophene rings is 1. The quantitative estimate of drug-likeness (QED) is 0.716. The maximum atomic E-state index is 12.4. The van der Waals surface area contributed by atoms with Crippen molar-refractivity contribution >= 4 is 28.3 Å². The number of anilines is 1. The molecule has 0 aliphatic carbocycles. The molecule has 0 fully saturated rings. The zero-order valence-corrected chi connectivity index (χ0v) is 15.8. The van der Waals surface area contributed by atoms with E-state index in [1.165, 1.54) is 26.4 Å². The SMILES string of the molecule is CCOC(=O)c1sc(N)c(C#N)c1COC(=O)c1cc(OC)cc(OC)c1. The highest BCUT2D eigenvalue weighted by Gasteiger charge is 2.24. The van der Waals surface area contributed by atoms with Gasteiger partial charge in [-0.05, 0) is 19.1 Å². The van der Waals surface area contributed by atoms with Crippen LogP contribution in [0.4, 0.5) is 5.00 Å². The number of hydrogen-bond acceptors (Lipinski definition) is 9. The van der Waals surface area contributed by atoms with E-state index in [0.29, 0.717) is 11.5 Å². The largest absolute Gasteiger partial charge is 0.497 e. The van der Waals surface area contributed by atoms with E-state index in [-0.39, 0.29) is 39.8 Å². The number of hydrogen-bond donors (Lipinski definition) is 1. The summed E-state index contributed by atoms with van der Waals surface area (Å²) in [5, 5.41) is 9.46. The molecule has 2 N–H and O–H groups in total. The van der Waals surface area contributed by atoms with E-state index in [1.54, 1.807) is 13.0 Å². The lowest BCUT2D eigenvalue weighted by atomic mass is 10.1. The summed E-state index contributed by atoms with van der Waals surface area (Å²) < 4.78 is 20.5. The molecule has 9 heteroatoms. The predicted molar refractivity (Wildman–Crippen MR) is 98.1 cm³/mol. The number of nitrogens with two attached hydrogens (primary N) is 1. The summed E-state index contributed by atoms with van der Waals surface area (Å²) in [4.78, 5) is 24.6. The van der Waals surface area contributed by atoms with Crippen molar-refractivity contribution in [3.05, 3.63) is 39.8 Å². The van der Waals surface area contributed by atoms with Gasteiger partial charge in [0.2, 0.25) is 0 Å². The van der Waals surface area contributed by atoms with Gasteiger partial charge in [-0.3, -0.25) is 0 Å². The van der Waals surface area contributed by atoms with Crippen LogP contribution in [0.25, 0.3) is 0 Å². The third-order valence-corrected chi connectivity index (χ3v) is 4.58. The molecule has 0 unspecified atom stereocenters. The Kier molecular flexibility index (Phi) is 6.62. The second kappa shape index (κ2) is 8.91. The molecule has 1 aromatic heterocycles. The molecule has 0 radical (unpaired) electrons. The van der Waals surface area contributed by atoms with Crippen LogP contribution in [0, 0.1) is 11.3 Å². The molecule has 2 rings (SSSR count). The lowest BCUT2D eigenvalue weighted by molar-refractivity contribution is 0.0452. The number of nitrogen functional groups attached to an aromatic ring is 1. The Morgan fingerprint density at radius 3 is 2.26 bits per heavy atom. The smallest absolute Gasteiger partial charge is 0.348 e. The van der Waals surface area contributed by atoms with E-state index in [1.807, 2.05) is 6.07 Å². The van der Waals surface area contributed by atoms with Crippen LogP contribution in [0.2, 0.25) is 0 Å². The molecule has 142 valence electrons. The minimum absolute atomic E-state index is 0.0964. The first kappa shape index (κ1) is 20.1. The zero-order valence-electron chi connectivity index (χ0n) is 15.0. The van der Waals surface area contributed by atoms with Crippen molar-refractivity contribution in [1.82, 2.24) is 0 Å². The van der Waals surface area contributed by atoms with Crippen LogP contribution in [0.5, 0.6) is 11.5 Å². The molecule has 1 heterocycles. The van der Waals surface area contributed by atoms with E-state index in [2.05, 4.69) is 0 Å². The molecule has 2 aromatic rings. The number of carbonyl (C=O) groups excluding carboxylic acids is 2. The van der Waals surface area contributed by atoms with Gasteiger partial charge in [-0.25, -0.2) is 9.59 Å². The number of nitrogens with zero attached hydrogens (tertiary/aromatic N) is 1. The van der Waals surface area contributed by atoms with E-state index >= 15 is 0 Å². The molecule has 0 aliphatic heterocycles. The fourth-order valence-electron chi connectivity index (χ4n) is 2.25. The van der Waals surface area contributed by atoms with Gasteiger partial charge < -0.3 is 24.7 Å². The summed E-state index contributed by atoms with van der Waals surface area (Å²) >= 11 is 0.923. The Bertz CT molecular complexity index is 878. The third kappa shape index (κ3) is 4.48. The Labute approximate surface area is 160 Å². The molecule has 0 atom stereocenters. The Morgan fingerprint density at radius 1 is 1.11 bits per heavy atom. The first-order valence-corrected chi connectivity index (χ1v) is 8.65. The van der Waals surface area contributed by atoms with Crippen LogP contribution in [-0.2, 0) is 16.1 Å². The highest BCUT2D eigenvalue weighted by Crippen LogP contribution is 2.32. The van der Waals surface area contributed by atoms with Crippen LogP contribution in [0.1, 0.15) is 38.1 Å². The van der Waals surface area contributed by atoms with Gasteiger partial charge >= 0.3 is 11.9 Å². The van der Waals surface area contributed by atoms with Crippen molar-refractivity contribution in [1.29, 1.82) is 5.26 Å². The highest BCUT2D eigenvalue weighted by atomic mass is 32.1. The van der Waals surface area contributed by atoms with Gasteiger partial charge in [0.05, 0.1) is 32.0 Å². The number of rotatable bonds is 7. The van der Waals surface area contributed by atoms with Gasteiger partial charge in [-0.2, -0.15) is 5.26 Å². The first-order valence-electron chi connectivity index (χ1n) is 7.83. The molecule has 0 bridgehead atoms. The second-order valence-electron chi connectivity index (χ2n) is 5.16. The molecule has 0 aliphatic rings. The fourth-order valence-corrected chi connectivity index (χ4v) is 3.17. The molecular formula is C18H18N2O6S. The monoisotopic (exact) mass is 390 g/mol. The summed E-state index contributed by atoms with van der Waals surface area (Å²) in [7, 11) is 2.92. The molecule has 0 spiro atoms. The fraction of sp³-hybridized carbons (Fsp3) is 0.278. The average molecular weight is 390 g/mol. The van der Waals surface area contributed by atoms with Crippen LogP contribution < -0.4 is 15.2 Å². The maximum Gasteiger partial charge on any atom is 0.348 e. The highest BCUT2D eigenvalue weighted by molar-refractivity contribution is 7.18. The van der Waals surface area contributed by atoms with Gasteiger partial charge in [-0.15, -0.1) is 11.3 Å². The van der Waals surface area contributed by atoms with Gasteiger partial charge in [0, 0.05) is 11.6 Å². The van der Waals surface area contributed by atoms with E-state index in [0.717, 1.165) is 11.3 Å². The molecule has 0 saturated heterocycles. The third-order valence-electron chi connectivity index (χ3n) is 3.54. The van der Waals surface area contributed by atoms with Gasteiger partial charge in [0.1, 0.15) is 34.1 Å². The Morgan fingerprint density at radius 2 is 1.74 bits per heavy atom. The average Bonchev–Trinajstić information content (AvgIpc) is 3.01. The number of carbonyl (C=O) groups is 2. The van der Waals surface area contributed by atoms with Crippen molar-refractivity contribution in [2.24, 2.45) is 0 Å². The Balaban J connectivity index is 2.27. The topological polar surface area (TPSA) is 121 Å². The van der Waals surface area contributed by atoms with Crippen molar-refractivity contribution in [3.8, 4) is 17.6 Å². The standard InChI is InChI=1S/C18H18N2O6S/c1-4-25-18(22)15-14(13(8-19)16(20)27-15)9-26-17(21)10-5-11(23-2)7-12(6-10)24-3/h5-7H,4,9,20H2,1-3H3. The number of benzene rings is 1. The number of nitriles is 1. The normalized spacial score (nSPS) is 10.0. The summed E-state index contributed by atoms with van der Waals surface area (Å²) in [6, 6.07) is 6.52. The van der Waals surface area contributed by atoms with Crippen molar-refractivity contribution < 1.29 is 28.5 Å². The summed E-state index contributed by atoms with van der Waals surface area (Å²) in [5.74, 6) is -0.447. The lowest BCUT2D eigenvalue weighted by Gasteiger charge is -2.09. The predicted octanol–water partition coefficient (Wildman–Crippen LogP) is 2.75. The van der Waals surface area contributed by atoms with Crippen molar-refractivity contribution in [2.75, 3.05) is 26.6 Å². The van der Waals surface area contributed by atoms with Crippen LogP contribution in [-0.4, -0.2) is 32.8 Å². The number of esters is 2.